The maximum atomic E-state index is 14.6. The molecule has 13 heteroatoms. The topological polar surface area (TPSA) is 92.8 Å². The van der Waals surface area contributed by atoms with E-state index in [4.69, 9.17) is 4.74 Å². The number of nitrogens with one attached hydrogen (secondary N) is 2. The van der Waals surface area contributed by atoms with Crippen molar-refractivity contribution in [2.24, 2.45) is 0 Å². The van der Waals surface area contributed by atoms with Gasteiger partial charge in [-0.15, -0.1) is 10.2 Å². The molecule has 2 N–H and O–H groups in total. The SMILES string of the molecule is O=C1NC(c2ccc(OCCCC(F)(F)F)cc2)(C(F)(F)F)CC(c2ccccc2)=C1c1nn[nH]n1. The van der Waals surface area contributed by atoms with Gasteiger partial charge in [0.1, 0.15) is 5.75 Å². The molecule has 2 aromatic carbocycles. The maximum absolute atomic E-state index is 14.6. The molecule has 36 heavy (non-hydrogen) atoms. The molecule has 7 nitrogen and oxygen atoms in total. The predicted octanol–water partition coefficient (Wildman–Crippen LogP) is 4.81. The average molecular weight is 511 g/mol. The van der Waals surface area contributed by atoms with Gasteiger partial charge in [-0.25, -0.2) is 0 Å². The molecule has 0 fully saturated rings. The molecule has 1 aromatic heterocycles. The van der Waals surface area contributed by atoms with Crippen LogP contribution >= 0.6 is 0 Å². The van der Waals surface area contributed by atoms with Crippen LogP contribution in [-0.4, -0.2) is 45.5 Å². The summed E-state index contributed by atoms with van der Waals surface area (Å²) in [7, 11) is 0. The largest absolute Gasteiger partial charge is 0.494 e. The van der Waals surface area contributed by atoms with Crippen molar-refractivity contribution in [3.05, 3.63) is 71.5 Å². The van der Waals surface area contributed by atoms with Gasteiger partial charge in [0, 0.05) is 12.8 Å². The normalized spacial score (nSPS) is 18.8. The number of hydrogen-bond donors (Lipinski definition) is 2. The number of H-pyrrole nitrogens is 1. The minimum absolute atomic E-state index is 0.0746. The van der Waals surface area contributed by atoms with Gasteiger partial charge in [0.15, 0.2) is 5.54 Å². The highest BCUT2D eigenvalue weighted by atomic mass is 19.4. The average Bonchev–Trinajstić information content (AvgIpc) is 3.35. The molecule has 0 saturated carbocycles. The van der Waals surface area contributed by atoms with Gasteiger partial charge in [0.05, 0.1) is 12.2 Å². The molecule has 0 aliphatic carbocycles. The number of carbonyl (C=O) groups excluding carboxylic acids is 1. The Balaban J connectivity index is 1.70. The first-order chi connectivity index (χ1) is 17.0. The monoisotopic (exact) mass is 511 g/mol. The van der Waals surface area contributed by atoms with E-state index in [0.717, 1.165) is 12.1 Å². The van der Waals surface area contributed by atoms with Crippen LogP contribution in [0, 0.1) is 0 Å². The van der Waals surface area contributed by atoms with Gasteiger partial charge in [-0.1, -0.05) is 42.5 Å². The summed E-state index contributed by atoms with van der Waals surface area (Å²) < 4.78 is 86.0. The van der Waals surface area contributed by atoms with Crippen LogP contribution in [-0.2, 0) is 10.3 Å². The molecule has 1 aliphatic rings. The van der Waals surface area contributed by atoms with Crippen molar-refractivity contribution in [3.63, 3.8) is 0 Å². The second kappa shape index (κ2) is 9.63. The van der Waals surface area contributed by atoms with Crippen LogP contribution in [0.25, 0.3) is 11.1 Å². The fourth-order valence-corrected chi connectivity index (χ4v) is 3.99. The molecule has 1 atom stereocenters. The molecule has 190 valence electrons. The number of aromatic amines is 1. The molecule has 2 heterocycles. The quantitative estimate of drug-likeness (QED) is 0.351. The summed E-state index contributed by atoms with van der Waals surface area (Å²) in [5.74, 6) is -1.08. The molecule has 1 unspecified atom stereocenters. The molecule has 3 aromatic rings. The lowest BCUT2D eigenvalue weighted by molar-refractivity contribution is -0.201. The number of aromatic nitrogens is 4. The van der Waals surface area contributed by atoms with E-state index in [1.54, 1.807) is 30.3 Å². The second-order valence-electron chi connectivity index (χ2n) is 8.08. The van der Waals surface area contributed by atoms with Crippen LogP contribution in [0.15, 0.2) is 54.6 Å². The third-order valence-corrected chi connectivity index (χ3v) is 5.69. The third-order valence-electron chi connectivity index (χ3n) is 5.69. The van der Waals surface area contributed by atoms with E-state index in [9.17, 15) is 31.1 Å². The number of alkyl halides is 6. The highest BCUT2D eigenvalue weighted by molar-refractivity contribution is 6.27. The molecule has 0 radical (unpaired) electrons. The van der Waals surface area contributed by atoms with Gasteiger partial charge < -0.3 is 10.1 Å². The Morgan fingerprint density at radius 2 is 1.67 bits per heavy atom. The fraction of sp³-hybridized carbons (Fsp3) is 0.304. The predicted molar refractivity (Wildman–Crippen MR) is 115 cm³/mol. The van der Waals surface area contributed by atoms with Gasteiger partial charge in [-0.05, 0) is 40.5 Å². The Bertz CT molecular complexity index is 1220. The first kappa shape index (κ1) is 25.2. The second-order valence-corrected chi connectivity index (χ2v) is 8.08. The van der Waals surface area contributed by atoms with Crippen molar-refractivity contribution in [1.82, 2.24) is 25.9 Å². The summed E-state index contributed by atoms with van der Waals surface area (Å²) in [5, 5.41) is 15.3. The molecule has 1 aliphatic heterocycles. The molecular weight excluding hydrogens is 492 g/mol. The van der Waals surface area contributed by atoms with E-state index >= 15 is 0 Å². The van der Waals surface area contributed by atoms with E-state index in [2.05, 4.69) is 25.9 Å². The summed E-state index contributed by atoms with van der Waals surface area (Å²) in [4.78, 5) is 13.1. The molecule has 0 bridgehead atoms. The molecule has 1 amide bonds. The van der Waals surface area contributed by atoms with Crippen molar-refractivity contribution in [1.29, 1.82) is 0 Å². The van der Waals surface area contributed by atoms with E-state index in [1.807, 2.05) is 0 Å². The van der Waals surface area contributed by atoms with Crippen LogP contribution < -0.4 is 10.1 Å². The lowest BCUT2D eigenvalue weighted by Crippen LogP contribution is -2.58. The number of nitrogens with zero attached hydrogens (tertiary/aromatic N) is 3. The summed E-state index contributed by atoms with van der Waals surface area (Å²) in [6, 6.07) is 12.8. The Morgan fingerprint density at radius 3 is 2.25 bits per heavy atom. The minimum atomic E-state index is -4.92. The highest BCUT2D eigenvalue weighted by Crippen LogP contribution is 2.49. The zero-order valence-electron chi connectivity index (χ0n) is 18.5. The Kier molecular flexibility index (Phi) is 6.74. The summed E-state index contributed by atoms with van der Waals surface area (Å²) in [6.07, 6.45) is -11.2. The van der Waals surface area contributed by atoms with Gasteiger partial charge in [-0.2, -0.15) is 31.6 Å². The van der Waals surface area contributed by atoms with Crippen LogP contribution in [0.2, 0.25) is 0 Å². The standard InChI is InChI=1S/C23H19F6N5O2/c24-22(25,26)11-4-12-36-16-9-7-15(8-10-16)21(23(27,28)29)13-17(14-5-2-1-3-6-14)18(20(35)30-21)19-31-33-34-32-19/h1-3,5-10H,4,11-13H2,(H,30,35)(H,31,32,33,34). The van der Waals surface area contributed by atoms with Crippen LogP contribution in [0.1, 0.15) is 36.2 Å². The smallest absolute Gasteiger partial charge is 0.416 e. The van der Waals surface area contributed by atoms with Crippen molar-refractivity contribution in [3.8, 4) is 5.75 Å². The van der Waals surface area contributed by atoms with E-state index in [1.165, 1.54) is 12.1 Å². The molecule has 4 rings (SSSR count). The van der Waals surface area contributed by atoms with E-state index in [0.29, 0.717) is 5.56 Å². The first-order valence-electron chi connectivity index (χ1n) is 10.7. The van der Waals surface area contributed by atoms with Crippen molar-refractivity contribution in [2.75, 3.05) is 6.61 Å². The lowest BCUT2D eigenvalue weighted by Gasteiger charge is -2.41. The fourth-order valence-electron chi connectivity index (χ4n) is 3.99. The first-order valence-corrected chi connectivity index (χ1v) is 10.7. The molecule has 0 saturated heterocycles. The van der Waals surface area contributed by atoms with Crippen LogP contribution in [0.3, 0.4) is 0 Å². The van der Waals surface area contributed by atoms with Crippen molar-refractivity contribution < 1.29 is 35.9 Å². The maximum Gasteiger partial charge on any atom is 0.416 e. The minimum Gasteiger partial charge on any atom is -0.494 e. The number of benzene rings is 2. The van der Waals surface area contributed by atoms with Gasteiger partial charge in [-0.3, -0.25) is 4.79 Å². The number of tetrazole rings is 1. The van der Waals surface area contributed by atoms with Crippen molar-refractivity contribution >= 4 is 17.1 Å². The van der Waals surface area contributed by atoms with Gasteiger partial charge in [0.2, 0.25) is 5.82 Å². The third kappa shape index (κ3) is 5.19. The number of halogens is 6. The number of hydrogen-bond acceptors (Lipinski definition) is 5. The Labute approximate surface area is 200 Å². The van der Waals surface area contributed by atoms with E-state index < -0.39 is 36.6 Å². The zero-order valence-corrected chi connectivity index (χ0v) is 18.5. The zero-order chi connectivity index (χ0) is 26.0. The summed E-state index contributed by atoms with van der Waals surface area (Å²) >= 11 is 0. The highest BCUT2D eigenvalue weighted by Gasteiger charge is 2.59. The van der Waals surface area contributed by atoms with Gasteiger partial charge in [0.25, 0.3) is 5.91 Å². The summed E-state index contributed by atoms with van der Waals surface area (Å²) in [6.45, 7) is -0.255. The number of rotatable bonds is 7. The van der Waals surface area contributed by atoms with E-state index in [-0.39, 0.29) is 41.3 Å². The lowest BCUT2D eigenvalue weighted by atomic mass is 9.76. The van der Waals surface area contributed by atoms with Crippen LogP contribution in [0.4, 0.5) is 26.3 Å². The summed E-state index contributed by atoms with van der Waals surface area (Å²) in [5.41, 5.74) is -2.75. The Morgan fingerprint density at radius 1 is 0.972 bits per heavy atom. The van der Waals surface area contributed by atoms with Crippen molar-refractivity contribution in [2.45, 2.75) is 37.2 Å². The number of amides is 1. The molecular formula is C23H19F6N5O2. The number of ether oxygens (including phenoxy) is 1. The Hall–Kier alpha value is -3.90. The van der Waals surface area contributed by atoms with Gasteiger partial charge >= 0.3 is 12.4 Å². The van der Waals surface area contributed by atoms with Crippen LogP contribution in [0.5, 0.6) is 5.75 Å². The number of carbonyl (C=O) groups is 1. The molecule has 0 spiro atoms.